The lowest BCUT2D eigenvalue weighted by molar-refractivity contribution is 0.887. The van der Waals surface area contributed by atoms with Gasteiger partial charge in [-0.1, -0.05) is 24.3 Å². The van der Waals surface area contributed by atoms with E-state index in [0.717, 1.165) is 12.4 Å². The van der Waals surface area contributed by atoms with Gasteiger partial charge in [0.15, 0.2) is 5.82 Å². The first-order chi connectivity index (χ1) is 8.18. The number of hydrogen-bond donors (Lipinski definition) is 1. The van der Waals surface area contributed by atoms with E-state index < -0.39 is 0 Å². The second-order valence-electron chi connectivity index (χ2n) is 4.08. The van der Waals surface area contributed by atoms with E-state index in [9.17, 15) is 0 Å². The van der Waals surface area contributed by atoms with E-state index in [1.807, 2.05) is 24.1 Å². The Morgan fingerprint density at radius 3 is 2.76 bits per heavy atom. The van der Waals surface area contributed by atoms with Crippen molar-refractivity contribution < 1.29 is 0 Å². The number of benzene rings is 1. The normalized spacial score (nSPS) is 10.2. The SMILES string of the molecule is Cc1ccccc1CN(C)c1ncncc1N. The van der Waals surface area contributed by atoms with Gasteiger partial charge in [-0.2, -0.15) is 0 Å². The fraction of sp³-hybridized carbons (Fsp3) is 0.231. The van der Waals surface area contributed by atoms with Crippen LogP contribution in [0.1, 0.15) is 11.1 Å². The Hall–Kier alpha value is -2.10. The quantitative estimate of drug-likeness (QED) is 0.873. The predicted octanol–water partition coefficient (Wildman–Crippen LogP) is 2.00. The Kier molecular flexibility index (Phi) is 3.23. The fourth-order valence-corrected chi connectivity index (χ4v) is 1.77. The van der Waals surface area contributed by atoms with Crippen molar-refractivity contribution in [3.63, 3.8) is 0 Å². The number of aromatic nitrogens is 2. The Morgan fingerprint density at radius 1 is 1.29 bits per heavy atom. The third-order valence-electron chi connectivity index (χ3n) is 2.75. The molecule has 0 saturated carbocycles. The van der Waals surface area contributed by atoms with Crippen molar-refractivity contribution >= 4 is 11.5 Å². The van der Waals surface area contributed by atoms with Crippen LogP contribution < -0.4 is 10.6 Å². The van der Waals surface area contributed by atoms with Gasteiger partial charge in [0.1, 0.15) is 6.33 Å². The summed E-state index contributed by atoms with van der Waals surface area (Å²) in [5, 5.41) is 0. The molecule has 0 aliphatic carbocycles. The summed E-state index contributed by atoms with van der Waals surface area (Å²) in [6.07, 6.45) is 3.14. The Bertz CT molecular complexity index is 510. The number of nitrogens with two attached hydrogens (primary N) is 1. The van der Waals surface area contributed by atoms with Crippen LogP contribution in [-0.4, -0.2) is 17.0 Å². The number of hydrogen-bond acceptors (Lipinski definition) is 4. The van der Waals surface area contributed by atoms with Gasteiger partial charge < -0.3 is 10.6 Å². The van der Waals surface area contributed by atoms with Gasteiger partial charge in [0.2, 0.25) is 0 Å². The molecule has 0 aliphatic heterocycles. The van der Waals surface area contributed by atoms with Crippen LogP contribution >= 0.6 is 0 Å². The molecule has 4 nitrogen and oxygen atoms in total. The number of aryl methyl sites for hydroxylation is 1. The molecule has 2 aromatic rings. The molecule has 1 heterocycles. The maximum atomic E-state index is 5.85. The molecule has 2 rings (SSSR count). The monoisotopic (exact) mass is 228 g/mol. The summed E-state index contributed by atoms with van der Waals surface area (Å²) in [5.74, 6) is 0.767. The van der Waals surface area contributed by atoms with Gasteiger partial charge in [-0.3, -0.25) is 0 Å². The zero-order valence-corrected chi connectivity index (χ0v) is 10.1. The molecule has 88 valence electrons. The van der Waals surface area contributed by atoms with Crippen molar-refractivity contribution in [3.05, 3.63) is 47.9 Å². The lowest BCUT2D eigenvalue weighted by Crippen LogP contribution is -2.19. The summed E-state index contributed by atoms with van der Waals surface area (Å²) >= 11 is 0. The molecular weight excluding hydrogens is 212 g/mol. The zero-order chi connectivity index (χ0) is 12.3. The van der Waals surface area contributed by atoms with Crippen molar-refractivity contribution in [3.8, 4) is 0 Å². The van der Waals surface area contributed by atoms with Gasteiger partial charge in [-0.15, -0.1) is 0 Å². The minimum absolute atomic E-state index is 0.601. The molecule has 0 amide bonds. The lowest BCUT2D eigenvalue weighted by atomic mass is 10.1. The molecule has 0 bridgehead atoms. The Labute approximate surface area is 101 Å². The average molecular weight is 228 g/mol. The van der Waals surface area contributed by atoms with Crippen LogP contribution in [0.2, 0.25) is 0 Å². The lowest BCUT2D eigenvalue weighted by Gasteiger charge is -2.20. The van der Waals surface area contributed by atoms with E-state index in [1.54, 1.807) is 6.20 Å². The summed E-state index contributed by atoms with van der Waals surface area (Å²) < 4.78 is 0. The van der Waals surface area contributed by atoms with Crippen molar-refractivity contribution in [1.29, 1.82) is 0 Å². The zero-order valence-electron chi connectivity index (χ0n) is 10.1. The molecule has 0 saturated heterocycles. The highest BCUT2D eigenvalue weighted by Crippen LogP contribution is 2.19. The van der Waals surface area contributed by atoms with E-state index in [0.29, 0.717) is 5.69 Å². The van der Waals surface area contributed by atoms with Crippen LogP contribution in [0, 0.1) is 6.92 Å². The Morgan fingerprint density at radius 2 is 2.06 bits per heavy atom. The van der Waals surface area contributed by atoms with Crippen LogP contribution in [0.25, 0.3) is 0 Å². The summed E-state index contributed by atoms with van der Waals surface area (Å²) in [6.45, 7) is 2.89. The van der Waals surface area contributed by atoms with E-state index in [-0.39, 0.29) is 0 Å². The first-order valence-corrected chi connectivity index (χ1v) is 5.49. The highest BCUT2D eigenvalue weighted by molar-refractivity contribution is 5.60. The topological polar surface area (TPSA) is 55.0 Å². The van der Waals surface area contributed by atoms with Gasteiger partial charge in [-0.05, 0) is 18.1 Å². The molecule has 0 aliphatic rings. The summed E-state index contributed by atoms with van der Waals surface area (Å²) in [6, 6.07) is 8.30. The number of nitrogen functional groups attached to an aromatic ring is 1. The van der Waals surface area contributed by atoms with E-state index >= 15 is 0 Å². The largest absolute Gasteiger partial charge is 0.394 e. The smallest absolute Gasteiger partial charge is 0.155 e. The summed E-state index contributed by atoms with van der Waals surface area (Å²) in [7, 11) is 1.98. The van der Waals surface area contributed by atoms with Gasteiger partial charge in [-0.25, -0.2) is 9.97 Å². The van der Waals surface area contributed by atoms with Crippen molar-refractivity contribution in [2.24, 2.45) is 0 Å². The molecule has 1 aromatic heterocycles. The third-order valence-corrected chi connectivity index (χ3v) is 2.75. The third kappa shape index (κ3) is 2.53. The highest BCUT2D eigenvalue weighted by atomic mass is 15.2. The first kappa shape index (κ1) is 11.4. The minimum atomic E-state index is 0.601. The second kappa shape index (κ2) is 4.82. The maximum Gasteiger partial charge on any atom is 0.155 e. The van der Waals surface area contributed by atoms with Crippen LogP contribution in [0.4, 0.5) is 11.5 Å². The van der Waals surface area contributed by atoms with Crippen LogP contribution in [0.15, 0.2) is 36.8 Å². The highest BCUT2D eigenvalue weighted by Gasteiger charge is 2.08. The summed E-state index contributed by atoms with van der Waals surface area (Å²) in [4.78, 5) is 10.1. The molecular formula is C13H16N4. The predicted molar refractivity (Wildman–Crippen MR) is 69.7 cm³/mol. The van der Waals surface area contributed by atoms with Gasteiger partial charge in [0.25, 0.3) is 0 Å². The first-order valence-electron chi connectivity index (χ1n) is 5.49. The molecule has 0 atom stereocenters. The van der Waals surface area contributed by atoms with E-state index in [2.05, 4.69) is 29.0 Å². The van der Waals surface area contributed by atoms with Crippen LogP contribution in [0.3, 0.4) is 0 Å². The van der Waals surface area contributed by atoms with Crippen LogP contribution in [-0.2, 0) is 6.54 Å². The van der Waals surface area contributed by atoms with Crippen molar-refractivity contribution in [2.75, 3.05) is 17.7 Å². The molecule has 0 unspecified atom stereocenters. The fourth-order valence-electron chi connectivity index (χ4n) is 1.77. The van der Waals surface area contributed by atoms with Crippen molar-refractivity contribution in [1.82, 2.24) is 9.97 Å². The second-order valence-corrected chi connectivity index (χ2v) is 4.08. The van der Waals surface area contributed by atoms with Gasteiger partial charge in [0.05, 0.1) is 11.9 Å². The molecule has 4 heteroatoms. The van der Waals surface area contributed by atoms with E-state index in [1.165, 1.54) is 17.5 Å². The average Bonchev–Trinajstić information content (AvgIpc) is 2.32. The molecule has 0 spiro atoms. The van der Waals surface area contributed by atoms with E-state index in [4.69, 9.17) is 5.73 Å². The van der Waals surface area contributed by atoms with Crippen molar-refractivity contribution in [2.45, 2.75) is 13.5 Å². The number of rotatable bonds is 3. The Balaban J connectivity index is 2.20. The van der Waals surface area contributed by atoms with Gasteiger partial charge >= 0.3 is 0 Å². The van der Waals surface area contributed by atoms with Crippen LogP contribution in [0.5, 0.6) is 0 Å². The molecule has 0 fully saturated rings. The minimum Gasteiger partial charge on any atom is -0.394 e. The number of anilines is 2. The maximum absolute atomic E-state index is 5.85. The number of nitrogens with zero attached hydrogens (tertiary/aromatic N) is 3. The molecule has 0 radical (unpaired) electrons. The van der Waals surface area contributed by atoms with Gasteiger partial charge in [0, 0.05) is 13.6 Å². The molecule has 17 heavy (non-hydrogen) atoms. The summed E-state index contributed by atoms with van der Waals surface area (Å²) in [5.41, 5.74) is 8.99. The molecule has 1 aromatic carbocycles. The standard InChI is InChI=1S/C13H16N4/c1-10-5-3-4-6-11(10)8-17(2)13-12(14)7-15-9-16-13/h3-7,9H,8,14H2,1-2H3. The molecule has 2 N–H and O–H groups in total.